The van der Waals surface area contributed by atoms with E-state index in [0.29, 0.717) is 11.4 Å². The molecule has 16 heavy (non-hydrogen) atoms. The van der Waals surface area contributed by atoms with Crippen molar-refractivity contribution < 1.29 is 9.59 Å². The molecular weight excluding hydrogens is 228 g/mol. The molecule has 1 rings (SSSR count). The van der Waals surface area contributed by atoms with E-state index in [1.807, 2.05) is 0 Å². The van der Waals surface area contributed by atoms with Crippen LogP contribution in [-0.4, -0.2) is 17.2 Å². The van der Waals surface area contributed by atoms with Crippen molar-refractivity contribution in [2.24, 2.45) is 0 Å². The van der Waals surface area contributed by atoms with Crippen molar-refractivity contribution in [2.75, 3.05) is 10.6 Å². The summed E-state index contributed by atoms with van der Waals surface area (Å²) in [6.45, 7) is 3.04. The molecule has 1 aromatic carbocycles. The molecule has 0 fully saturated rings. The molecule has 2 amide bonds. The summed E-state index contributed by atoms with van der Waals surface area (Å²) in [5, 5.41) is 4.69. The minimum atomic E-state index is -0.574. The maximum absolute atomic E-state index is 11.3. The number of benzene rings is 1. The fourth-order valence-electron chi connectivity index (χ4n) is 1.08. The van der Waals surface area contributed by atoms with Crippen molar-refractivity contribution >= 4 is 34.8 Å². The van der Waals surface area contributed by atoms with Crippen molar-refractivity contribution in [3.05, 3.63) is 24.3 Å². The van der Waals surface area contributed by atoms with Gasteiger partial charge in [-0.05, 0) is 31.2 Å². The summed E-state index contributed by atoms with van der Waals surface area (Å²) in [5.41, 5.74) is 1.33. The molecule has 0 spiro atoms. The predicted molar refractivity (Wildman–Crippen MR) is 64.7 cm³/mol. The van der Waals surface area contributed by atoms with Crippen LogP contribution in [0.4, 0.5) is 11.4 Å². The molecule has 0 saturated heterocycles. The van der Waals surface area contributed by atoms with Crippen LogP contribution >= 0.6 is 11.6 Å². The number of hydrogen-bond donors (Lipinski definition) is 2. The van der Waals surface area contributed by atoms with E-state index in [2.05, 4.69) is 10.6 Å². The largest absolute Gasteiger partial charge is 0.326 e. The van der Waals surface area contributed by atoms with Gasteiger partial charge in [-0.1, -0.05) is 0 Å². The number of carbonyl (C=O) groups is 2. The second-order valence-electron chi connectivity index (χ2n) is 3.36. The van der Waals surface area contributed by atoms with E-state index >= 15 is 0 Å². The summed E-state index contributed by atoms with van der Waals surface area (Å²) < 4.78 is 0. The molecule has 0 aliphatic rings. The molecule has 4 nitrogen and oxygen atoms in total. The van der Waals surface area contributed by atoms with Gasteiger partial charge in [-0.2, -0.15) is 0 Å². The van der Waals surface area contributed by atoms with Gasteiger partial charge in [0, 0.05) is 18.3 Å². The van der Waals surface area contributed by atoms with Gasteiger partial charge >= 0.3 is 0 Å². The first-order valence-electron chi connectivity index (χ1n) is 4.81. The Morgan fingerprint density at radius 2 is 1.56 bits per heavy atom. The van der Waals surface area contributed by atoms with Gasteiger partial charge in [0.25, 0.3) is 0 Å². The maximum atomic E-state index is 11.3. The molecule has 0 saturated carbocycles. The summed E-state index contributed by atoms with van der Waals surface area (Å²) >= 11 is 5.61. The molecule has 5 heteroatoms. The first kappa shape index (κ1) is 12.5. The standard InChI is InChI=1S/C11H13ClN2O2/c1-7(12)11(16)14-10-5-3-9(4-6-10)13-8(2)15/h3-7H,1-2H3,(H,13,15)(H,14,16). The van der Waals surface area contributed by atoms with Gasteiger partial charge in [-0.3, -0.25) is 9.59 Å². The molecule has 0 aromatic heterocycles. The molecule has 1 aromatic rings. The fourth-order valence-corrected chi connectivity index (χ4v) is 1.14. The topological polar surface area (TPSA) is 58.2 Å². The minimum absolute atomic E-state index is 0.133. The van der Waals surface area contributed by atoms with Crippen LogP contribution in [0.1, 0.15) is 13.8 Å². The van der Waals surface area contributed by atoms with E-state index in [0.717, 1.165) is 0 Å². The highest BCUT2D eigenvalue weighted by molar-refractivity contribution is 6.32. The van der Waals surface area contributed by atoms with E-state index in [9.17, 15) is 9.59 Å². The van der Waals surface area contributed by atoms with Crippen molar-refractivity contribution in [2.45, 2.75) is 19.2 Å². The Hall–Kier alpha value is -1.55. The van der Waals surface area contributed by atoms with E-state index in [4.69, 9.17) is 11.6 Å². The highest BCUT2D eigenvalue weighted by Crippen LogP contribution is 2.14. The van der Waals surface area contributed by atoms with E-state index in [1.54, 1.807) is 31.2 Å². The number of rotatable bonds is 3. The van der Waals surface area contributed by atoms with Gasteiger partial charge in [-0.15, -0.1) is 11.6 Å². The van der Waals surface area contributed by atoms with Crippen LogP contribution in [0.5, 0.6) is 0 Å². The molecule has 1 atom stereocenters. The molecule has 0 aliphatic heterocycles. The van der Waals surface area contributed by atoms with Crippen LogP contribution in [0.3, 0.4) is 0 Å². The highest BCUT2D eigenvalue weighted by Gasteiger charge is 2.08. The Morgan fingerprint density at radius 3 is 1.94 bits per heavy atom. The van der Waals surface area contributed by atoms with Gasteiger partial charge in [0.05, 0.1) is 0 Å². The maximum Gasteiger partial charge on any atom is 0.242 e. The lowest BCUT2D eigenvalue weighted by molar-refractivity contribution is -0.116. The Balaban J connectivity index is 2.64. The van der Waals surface area contributed by atoms with Crippen molar-refractivity contribution in [3.8, 4) is 0 Å². The fraction of sp³-hybridized carbons (Fsp3) is 0.273. The molecular formula is C11H13ClN2O2. The van der Waals surface area contributed by atoms with Crippen LogP contribution in [0, 0.1) is 0 Å². The van der Waals surface area contributed by atoms with Gasteiger partial charge in [0.1, 0.15) is 5.38 Å². The third kappa shape index (κ3) is 3.90. The summed E-state index contributed by atoms with van der Waals surface area (Å²) in [6.07, 6.45) is 0. The first-order valence-corrected chi connectivity index (χ1v) is 5.25. The summed E-state index contributed by atoms with van der Waals surface area (Å²) in [5.74, 6) is -0.389. The van der Waals surface area contributed by atoms with Crippen molar-refractivity contribution in [1.82, 2.24) is 0 Å². The molecule has 2 N–H and O–H groups in total. The lowest BCUT2D eigenvalue weighted by atomic mass is 10.2. The summed E-state index contributed by atoms with van der Waals surface area (Å²) in [4.78, 5) is 22.0. The molecule has 0 radical (unpaired) electrons. The summed E-state index contributed by atoms with van der Waals surface area (Å²) in [6, 6.07) is 6.80. The summed E-state index contributed by atoms with van der Waals surface area (Å²) in [7, 11) is 0. The van der Waals surface area contributed by atoms with Crippen LogP contribution in [0.25, 0.3) is 0 Å². The molecule has 86 valence electrons. The monoisotopic (exact) mass is 240 g/mol. The van der Waals surface area contributed by atoms with E-state index in [1.165, 1.54) is 6.92 Å². The third-order valence-corrected chi connectivity index (χ3v) is 2.03. The number of halogens is 1. The SMILES string of the molecule is CC(=O)Nc1ccc(NC(=O)C(C)Cl)cc1. The zero-order valence-electron chi connectivity index (χ0n) is 9.08. The number of carbonyl (C=O) groups excluding carboxylic acids is 2. The van der Waals surface area contributed by atoms with Gasteiger partial charge < -0.3 is 10.6 Å². The van der Waals surface area contributed by atoms with Gasteiger partial charge in [0.2, 0.25) is 11.8 Å². The van der Waals surface area contributed by atoms with Crippen LogP contribution in [0.15, 0.2) is 24.3 Å². The van der Waals surface area contributed by atoms with Gasteiger partial charge in [-0.25, -0.2) is 0 Å². The Morgan fingerprint density at radius 1 is 1.12 bits per heavy atom. The quantitative estimate of drug-likeness (QED) is 0.796. The average Bonchev–Trinajstić information content (AvgIpc) is 2.20. The zero-order chi connectivity index (χ0) is 12.1. The third-order valence-electron chi connectivity index (χ3n) is 1.83. The number of alkyl halides is 1. The zero-order valence-corrected chi connectivity index (χ0v) is 9.84. The molecule has 1 unspecified atom stereocenters. The Bertz CT molecular complexity index is 387. The van der Waals surface area contributed by atoms with Crippen LogP contribution in [0.2, 0.25) is 0 Å². The number of anilines is 2. The lowest BCUT2D eigenvalue weighted by Gasteiger charge is -2.07. The number of amides is 2. The Kier molecular flexibility index (Phi) is 4.31. The lowest BCUT2D eigenvalue weighted by Crippen LogP contribution is -2.20. The van der Waals surface area contributed by atoms with Crippen molar-refractivity contribution in [1.29, 1.82) is 0 Å². The Labute approximate surface area is 99.0 Å². The highest BCUT2D eigenvalue weighted by atomic mass is 35.5. The first-order chi connectivity index (χ1) is 7.49. The van der Waals surface area contributed by atoms with E-state index < -0.39 is 5.38 Å². The van der Waals surface area contributed by atoms with E-state index in [-0.39, 0.29) is 11.8 Å². The average molecular weight is 241 g/mol. The molecule has 0 aliphatic carbocycles. The van der Waals surface area contributed by atoms with Crippen LogP contribution < -0.4 is 10.6 Å². The minimum Gasteiger partial charge on any atom is -0.326 e. The predicted octanol–water partition coefficient (Wildman–Crippen LogP) is 2.21. The molecule has 0 bridgehead atoms. The van der Waals surface area contributed by atoms with Gasteiger partial charge in [0.15, 0.2) is 0 Å². The second-order valence-corrected chi connectivity index (χ2v) is 4.02. The number of nitrogens with one attached hydrogen (secondary N) is 2. The van der Waals surface area contributed by atoms with Crippen molar-refractivity contribution in [3.63, 3.8) is 0 Å². The second kappa shape index (κ2) is 5.51. The molecule has 0 heterocycles. The van der Waals surface area contributed by atoms with Crippen LogP contribution in [-0.2, 0) is 9.59 Å². The number of hydrogen-bond acceptors (Lipinski definition) is 2. The smallest absolute Gasteiger partial charge is 0.242 e. The normalized spacial score (nSPS) is 11.7.